The van der Waals surface area contributed by atoms with E-state index in [1.54, 1.807) is 0 Å². The quantitative estimate of drug-likeness (QED) is 0.671. The fourth-order valence-electron chi connectivity index (χ4n) is 2.60. The topological polar surface area (TPSA) is 46.5 Å². The van der Waals surface area contributed by atoms with E-state index in [0.717, 1.165) is 5.56 Å². The van der Waals surface area contributed by atoms with Gasteiger partial charge in [-0.1, -0.05) is 71.9 Å². The highest BCUT2D eigenvalue weighted by Crippen LogP contribution is 2.38. The molecule has 0 radical (unpaired) electrons. The Bertz CT molecular complexity index is 546. The molecule has 25 heavy (non-hydrogen) atoms. The number of benzene rings is 1. The predicted octanol–water partition coefficient (Wildman–Crippen LogP) is 4.84. The summed E-state index contributed by atoms with van der Waals surface area (Å²) in [5.74, 6) is -0.377. The van der Waals surface area contributed by atoms with E-state index < -0.39 is 26.4 Å². The minimum absolute atomic E-state index is 0.00915. The Labute approximate surface area is 154 Å². The molecule has 0 bridgehead atoms. The number of ketones is 1. The minimum Gasteiger partial charge on any atom is -0.407 e. The lowest BCUT2D eigenvalue weighted by Gasteiger charge is -2.39. The van der Waals surface area contributed by atoms with E-state index in [4.69, 9.17) is 4.43 Å². The second-order valence-corrected chi connectivity index (χ2v) is 13.7. The van der Waals surface area contributed by atoms with Gasteiger partial charge in [-0.2, -0.15) is 0 Å². The van der Waals surface area contributed by atoms with Crippen LogP contribution in [-0.4, -0.2) is 31.4 Å². The first-order chi connectivity index (χ1) is 11.4. The zero-order valence-electron chi connectivity index (χ0n) is 17.2. The summed E-state index contributed by atoms with van der Waals surface area (Å²) in [7, 11) is -2.09. The van der Waals surface area contributed by atoms with Crippen molar-refractivity contribution in [1.82, 2.24) is 0 Å². The number of rotatable bonds is 8. The lowest BCUT2D eigenvalue weighted by atomic mass is 9.87. The van der Waals surface area contributed by atoms with E-state index in [-0.39, 0.29) is 16.7 Å². The van der Waals surface area contributed by atoms with E-state index in [9.17, 15) is 9.90 Å². The molecule has 3 nitrogen and oxygen atoms in total. The summed E-state index contributed by atoms with van der Waals surface area (Å²) >= 11 is 0. The van der Waals surface area contributed by atoms with Crippen molar-refractivity contribution in [3.8, 4) is 0 Å². The summed E-state index contributed by atoms with van der Waals surface area (Å²) in [6.45, 7) is 16.6. The SMILES string of the molecule is CC(C)[C@H](O)[C@@H](C)C(=O)[C@H](Cc1ccccc1)O[Si](C)(C)C(C)(C)C. The Morgan fingerprint density at radius 3 is 2.08 bits per heavy atom. The van der Waals surface area contributed by atoms with Crippen LogP contribution in [0.15, 0.2) is 30.3 Å². The molecule has 0 aliphatic carbocycles. The molecule has 1 aromatic carbocycles. The number of hydrogen-bond acceptors (Lipinski definition) is 3. The van der Waals surface area contributed by atoms with Crippen molar-refractivity contribution in [2.45, 2.75) is 78.3 Å². The maximum atomic E-state index is 13.1. The van der Waals surface area contributed by atoms with Crippen molar-refractivity contribution >= 4 is 14.1 Å². The summed E-state index contributed by atoms with van der Waals surface area (Å²) in [6, 6.07) is 9.99. The van der Waals surface area contributed by atoms with Crippen LogP contribution < -0.4 is 0 Å². The van der Waals surface area contributed by atoms with Crippen molar-refractivity contribution < 1.29 is 14.3 Å². The highest BCUT2D eigenvalue weighted by Gasteiger charge is 2.42. The first-order valence-corrected chi connectivity index (χ1v) is 12.2. The average Bonchev–Trinajstić information content (AvgIpc) is 2.51. The molecule has 1 N–H and O–H groups in total. The van der Waals surface area contributed by atoms with Gasteiger partial charge in [-0.15, -0.1) is 0 Å². The van der Waals surface area contributed by atoms with Gasteiger partial charge in [-0.05, 0) is 29.6 Å². The number of carbonyl (C=O) groups is 1. The molecule has 0 aliphatic rings. The molecule has 0 unspecified atom stereocenters. The summed E-state index contributed by atoms with van der Waals surface area (Å²) in [5.41, 5.74) is 1.09. The third-order valence-corrected chi connectivity index (χ3v) is 9.95. The number of carbonyl (C=O) groups excluding carboxylic acids is 1. The van der Waals surface area contributed by atoms with E-state index in [0.29, 0.717) is 6.42 Å². The Morgan fingerprint density at radius 2 is 1.64 bits per heavy atom. The van der Waals surface area contributed by atoms with Crippen LogP contribution in [0.5, 0.6) is 0 Å². The van der Waals surface area contributed by atoms with Crippen LogP contribution in [0, 0.1) is 11.8 Å². The molecular formula is C21H36O3Si. The average molecular weight is 365 g/mol. The second-order valence-electron chi connectivity index (χ2n) is 8.98. The molecule has 1 aromatic rings. The van der Waals surface area contributed by atoms with Gasteiger partial charge >= 0.3 is 0 Å². The highest BCUT2D eigenvalue weighted by atomic mass is 28.4. The zero-order chi connectivity index (χ0) is 19.4. The molecule has 0 aliphatic heterocycles. The van der Waals surface area contributed by atoms with Gasteiger partial charge in [0, 0.05) is 12.3 Å². The smallest absolute Gasteiger partial charge is 0.193 e. The van der Waals surface area contributed by atoms with Crippen molar-refractivity contribution in [2.75, 3.05) is 0 Å². The van der Waals surface area contributed by atoms with E-state index in [1.807, 2.05) is 51.1 Å². The molecule has 0 aromatic heterocycles. The van der Waals surface area contributed by atoms with Crippen LogP contribution >= 0.6 is 0 Å². The monoisotopic (exact) mass is 364 g/mol. The van der Waals surface area contributed by atoms with Crippen molar-refractivity contribution in [2.24, 2.45) is 11.8 Å². The summed E-state index contributed by atoms with van der Waals surface area (Å²) in [6.07, 6.45) is -0.595. The van der Waals surface area contributed by atoms with Crippen LogP contribution in [0.4, 0.5) is 0 Å². The van der Waals surface area contributed by atoms with Crippen molar-refractivity contribution in [3.63, 3.8) is 0 Å². The van der Waals surface area contributed by atoms with Gasteiger partial charge in [0.15, 0.2) is 14.1 Å². The lowest BCUT2D eigenvalue weighted by Crippen LogP contribution is -2.49. The van der Waals surface area contributed by atoms with Gasteiger partial charge < -0.3 is 9.53 Å². The van der Waals surface area contributed by atoms with Gasteiger partial charge in [0.05, 0.1) is 6.10 Å². The van der Waals surface area contributed by atoms with E-state index >= 15 is 0 Å². The molecule has 1 rings (SSSR count). The van der Waals surface area contributed by atoms with Crippen LogP contribution in [0.2, 0.25) is 18.1 Å². The van der Waals surface area contributed by atoms with Crippen LogP contribution in [-0.2, 0) is 15.6 Å². The van der Waals surface area contributed by atoms with Crippen LogP contribution in [0.1, 0.15) is 47.1 Å². The molecule has 0 amide bonds. The molecule has 0 saturated carbocycles. The van der Waals surface area contributed by atoms with Gasteiger partial charge in [-0.3, -0.25) is 4.79 Å². The normalized spacial score (nSPS) is 16.6. The van der Waals surface area contributed by atoms with Crippen molar-refractivity contribution in [1.29, 1.82) is 0 Å². The number of aliphatic hydroxyl groups is 1. The van der Waals surface area contributed by atoms with Gasteiger partial charge in [-0.25, -0.2) is 0 Å². The van der Waals surface area contributed by atoms with Gasteiger partial charge in [0.2, 0.25) is 0 Å². The standard InChI is InChI=1S/C21H36O3Si/c1-15(2)19(22)16(3)20(23)18(14-17-12-10-9-11-13-17)24-25(7,8)21(4,5)6/h9-13,15-16,18-19,22H,14H2,1-8H3/t16-,18+,19+/m1/s1. The summed E-state index contributed by atoms with van der Waals surface area (Å²) in [4.78, 5) is 13.1. The minimum atomic E-state index is -2.09. The number of Topliss-reactive ketones (excluding diaryl/α,β-unsaturated/α-hetero) is 1. The first-order valence-electron chi connectivity index (χ1n) is 9.30. The van der Waals surface area contributed by atoms with E-state index in [1.165, 1.54) is 0 Å². The van der Waals surface area contributed by atoms with Gasteiger partial charge in [0.1, 0.15) is 6.10 Å². The summed E-state index contributed by atoms with van der Waals surface area (Å²) < 4.78 is 6.50. The first kappa shape index (κ1) is 22.1. The summed E-state index contributed by atoms with van der Waals surface area (Å²) in [5, 5.41) is 10.4. The van der Waals surface area contributed by atoms with Crippen molar-refractivity contribution in [3.05, 3.63) is 35.9 Å². The molecule has 3 atom stereocenters. The third kappa shape index (κ3) is 6.05. The lowest BCUT2D eigenvalue weighted by molar-refractivity contribution is -0.134. The molecule has 0 spiro atoms. The predicted molar refractivity (Wildman–Crippen MR) is 107 cm³/mol. The number of aliphatic hydroxyl groups excluding tert-OH is 1. The fraction of sp³-hybridized carbons (Fsp3) is 0.667. The van der Waals surface area contributed by atoms with E-state index in [2.05, 4.69) is 33.9 Å². The number of hydrogen-bond donors (Lipinski definition) is 1. The van der Waals surface area contributed by atoms with Crippen LogP contribution in [0.3, 0.4) is 0 Å². The molecular weight excluding hydrogens is 328 g/mol. The Balaban J connectivity index is 3.08. The fourth-order valence-corrected chi connectivity index (χ4v) is 3.86. The second kappa shape index (κ2) is 8.61. The molecule has 4 heteroatoms. The van der Waals surface area contributed by atoms with Gasteiger partial charge in [0.25, 0.3) is 0 Å². The zero-order valence-corrected chi connectivity index (χ0v) is 18.2. The van der Waals surface area contributed by atoms with Crippen LogP contribution in [0.25, 0.3) is 0 Å². The maximum absolute atomic E-state index is 13.1. The Morgan fingerprint density at radius 1 is 1.12 bits per heavy atom. The molecule has 142 valence electrons. The maximum Gasteiger partial charge on any atom is 0.193 e. The Hall–Kier alpha value is -0.973. The largest absolute Gasteiger partial charge is 0.407 e. The third-order valence-electron chi connectivity index (χ3n) is 5.47. The molecule has 0 saturated heterocycles. The molecule has 0 fully saturated rings. The Kier molecular flexibility index (Phi) is 7.60. The highest BCUT2D eigenvalue weighted by molar-refractivity contribution is 6.74. The molecule has 0 heterocycles.